The molecule has 0 aromatic carbocycles. The molecule has 0 saturated heterocycles. The number of hydrogen-bond donors (Lipinski definition) is 1. The molecule has 100 valence electrons. The number of pyridine rings is 1. The van der Waals surface area contributed by atoms with E-state index >= 15 is 0 Å². The summed E-state index contributed by atoms with van der Waals surface area (Å²) in [6.07, 6.45) is 1.42. The number of nitrogens with one attached hydrogen (secondary N) is 1. The highest BCUT2D eigenvalue weighted by atomic mass is 35.5. The molecule has 2 rings (SSSR count). The van der Waals surface area contributed by atoms with Crippen LogP contribution in [-0.4, -0.2) is 21.0 Å². The Labute approximate surface area is 115 Å². The molecule has 1 N–H and O–H groups in total. The second-order valence-corrected chi connectivity index (χ2v) is 4.68. The van der Waals surface area contributed by atoms with Gasteiger partial charge in [-0.05, 0) is 12.1 Å². The number of carbonyl (C=O) groups excluding carboxylic acids is 1. The van der Waals surface area contributed by atoms with E-state index in [1.807, 2.05) is 13.8 Å². The van der Waals surface area contributed by atoms with E-state index in [1.54, 1.807) is 12.1 Å². The molecule has 0 fully saturated rings. The summed E-state index contributed by atoms with van der Waals surface area (Å²) in [6, 6.07) is 3.15. The number of nitrogens with zero attached hydrogens (tertiary/aromatic N) is 3. The van der Waals surface area contributed by atoms with Crippen molar-refractivity contribution in [2.24, 2.45) is 0 Å². The molecule has 0 bridgehead atoms. The number of hydrogen-bond acceptors (Lipinski definition) is 5. The zero-order chi connectivity index (χ0) is 13.8. The van der Waals surface area contributed by atoms with Crippen LogP contribution in [0.25, 0.3) is 0 Å². The molecule has 0 aliphatic heterocycles. The van der Waals surface area contributed by atoms with Gasteiger partial charge in [0.25, 0.3) is 5.91 Å². The van der Waals surface area contributed by atoms with Crippen molar-refractivity contribution in [2.45, 2.75) is 26.3 Å². The van der Waals surface area contributed by atoms with Crippen molar-refractivity contribution >= 4 is 17.5 Å². The molecular weight excluding hydrogens is 268 g/mol. The minimum absolute atomic E-state index is 0.162. The van der Waals surface area contributed by atoms with Crippen LogP contribution in [0.2, 0.25) is 5.02 Å². The number of rotatable bonds is 4. The molecule has 1 amide bonds. The predicted octanol–water partition coefficient (Wildman–Crippen LogP) is 2.17. The highest BCUT2D eigenvalue weighted by Gasteiger charge is 2.12. The normalized spacial score (nSPS) is 10.7. The Morgan fingerprint density at radius 2 is 2.26 bits per heavy atom. The summed E-state index contributed by atoms with van der Waals surface area (Å²) < 4.78 is 5.03. The molecule has 0 radical (unpaired) electrons. The smallest absolute Gasteiger partial charge is 0.270 e. The Hall–Kier alpha value is -1.95. The van der Waals surface area contributed by atoms with E-state index in [0.717, 1.165) is 0 Å². The van der Waals surface area contributed by atoms with Crippen LogP contribution < -0.4 is 5.32 Å². The van der Waals surface area contributed by atoms with Crippen molar-refractivity contribution in [2.75, 3.05) is 0 Å². The number of amides is 1. The molecule has 19 heavy (non-hydrogen) atoms. The average molecular weight is 281 g/mol. The van der Waals surface area contributed by atoms with Crippen LogP contribution in [-0.2, 0) is 6.54 Å². The SMILES string of the molecule is CC(C)c1nc(CNC(=O)c2ccc(Cl)cn2)no1. The third-order valence-electron chi connectivity index (χ3n) is 2.34. The highest BCUT2D eigenvalue weighted by molar-refractivity contribution is 6.30. The van der Waals surface area contributed by atoms with Crippen LogP contribution in [0.1, 0.15) is 42.0 Å². The van der Waals surface area contributed by atoms with Crippen molar-refractivity contribution in [1.29, 1.82) is 0 Å². The molecule has 2 heterocycles. The Balaban J connectivity index is 1.94. The summed E-state index contributed by atoms with van der Waals surface area (Å²) in [6.45, 7) is 4.10. The minimum atomic E-state index is -0.312. The number of carbonyl (C=O) groups is 1. The number of aromatic nitrogens is 3. The first-order valence-corrected chi connectivity index (χ1v) is 6.16. The van der Waals surface area contributed by atoms with E-state index in [9.17, 15) is 4.79 Å². The monoisotopic (exact) mass is 280 g/mol. The zero-order valence-corrected chi connectivity index (χ0v) is 11.3. The van der Waals surface area contributed by atoms with E-state index in [4.69, 9.17) is 16.1 Å². The van der Waals surface area contributed by atoms with Gasteiger partial charge in [0.05, 0.1) is 11.6 Å². The zero-order valence-electron chi connectivity index (χ0n) is 10.6. The number of halogens is 1. The Kier molecular flexibility index (Phi) is 4.11. The predicted molar refractivity (Wildman–Crippen MR) is 68.8 cm³/mol. The van der Waals surface area contributed by atoms with Crippen LogP contribution in [0.5, 0.6) is 0 Å². The van der Waals surface area contributed by atoms with E-state index in [-0.39, 0.29) is 24.1 Å². The van der Waals surface area contributed by atoms with Crippen LogP contribution in [0.15, 0.2) is 22.9 Å². The molecule has 7 heteroatoms. The van der Waals surface area contributed by atoms with E-state index in [2.05, 4.69) is 20.4 Å². The molecule has 0 aliphatic carbocycles. The standard InChI is InChI=1S/C12H13ClN4O2/c1-7(2)12-16-10(17-19-12)6-15-11(18)9-4-3-8(13)5-14-9/h3-5,7H,6H2,1-2H3,(H,15,18). The lowest BCUT2D eigenvalue weighted by Gasteiger charge is -2.01. The quantitative estimate of drug-likeness (QED) is 0.928. The molecule has 0 atom stereocenters. The fourth-order valence-electron chi connectivity index (χ4n) is 1.33. The lowest BCUT2D eigenvalue weighted by molar-refractivity contribution is 0.0944. The van der Waals surface area contributed by atoms with Crippen LogP contribution in [0.3, 0.4) is 0 Å². The first kappa shape index (κ1) is 13.5. The van der Waals surface area contributed by atoms with Crippen molar-refractivity contribution in [1.82, 2.24) is 20.4 Å². The van der Waals surface area contributed by atoms with Gasteiger partial charge in [0.2, 0.25) is 5.89 Å². The van der Waals surface area contributed by atoms with Crippen molar-refractivity contribution in [3.05, 3.63) is 40.8 Å². The molecular formula is C12H13ClN4O2. The van der Waals surface area contributed by atoms with Crippen LogP contribution in [0, 0.1) is 0 Å². The molecule has 2 aromatic rings. The molecule has 0 unspecified atom stereocenters. The summed E-state index contributed by atoms with van der Waals surface area (Å²) in [5.74, 6) is 0.835. The van der Waals surface area contributed by atoms with Gasteiger partial charge >= 0.3 is 0 Å². The largest absolute Gasteiger partial charge is 0.343 e. The van der Waals surface area contributed by atoms with Gasteiger partial charge in [-0.25, -0.2) is 4.98 Å². The van der Waals surface area contributed by atoms with Gasteiger partial charge in [-0.1, -0.05) is 30.6 Å². The molecule has 0 saturated carbocycles. The van der Waals surface area contributed by atoms with Crippen LogP contribution in [0.4, 0.5) is 0 Å². The third-order valence-corrected chi connectivity index (χ3v) is 2.57. The average Bonchev–Trinajstić information content (AvgIpc) is 2.86. The Morgan fingerprint density at radius 1 is 1.47 bits per heavy atom. The van der Waals surface area contributed by atoms with E-state index in [0.29, 0.717) is 16.7 Å². The topological polar surface area (TPSA) is 80.9 Å². The Morgan fingerprint density at radius 3 is 2.84 bits per heavy atom. The molecule has 0 spiro atoms. The summed E-state index contributed by atoms with van der Waals surface area (Å²) in [7, 11) is 0. The molecule has 0 aliphatic rings. The highest BCUT2D eigenvalue weighted by Crippen LogP contribution is 2.10. The molecule has 2 aromatic heterocycles. The van der Waals surface area contributed by atoms with Crippen molar-refractivity contribution < 1.29 is 9.32 Å². The first-order valence-electron chi connectivity index (χ1n) is 5.78. The van der Waals surface area contributed by atoms with Gasteiger partial charge in [0.15, 0.2) is 5.82 Å². The summed E-state index contributed by atoms with van der Waals surface area (Å²) >= 11 is 5.70. The van der Waals surface area contributed by atoms with Gasteiger partial charge in [-0.15, -0.1) is 0 Å². The van der Waals surface area contributed by atoms with Gasteiger partial charge < -0.3 is 9.84 Å². The summed E-state index contributed by atoms with van der Waals surface area (Å²) in [5.41, 5.74) is 0.289. The third kappa shape index (κ3) is 3.51. The van der Waals surface area contributed by atoms with E-state index in [1.165, 1.54) is 6.20 Å². The van der Waals surface area contributed by atoms with Crippen molar-refractivity contribution in [3.8, 4) is 0 Å². The van der Waals surface area contributed by atoms with Gasteiger partial charge in [-0.3, -0.25) is 4.79 Å². The van der Waals surface area contributed by atoms with E-state index < -0.39 is 0 Å². The summed E-state index contributed by atoms with van der Waals surface area (Å²) in [4.78, 5) is 19.8. The maximum atomic E-state index is 11.8. The fraction of sp³-hybridized carbons (Fsp3) is 0.333. The van der Waals surface area contributed by atoms with Crippen LogP contribution >= 0.6 is 11.6 Å². The Bertz CT molecular complexity index is 565. The maximum Gasteiger partial charge on any atom is 0.270 e. The first-order chi connectivity index (χ1) is 9.06. The lowest BCUT2D eigenvalue weighted by Crippen LogP contribution is -2.24. The lowest BCUT2D eigenvalue weighted by atomic mass is 10.2. The second-order valence-electron chi connectivity index (χ2n) is 4.25. The maximum absolute atomic E-state index is 11.8. The minimum Gasteiger partial charge on any atom is -0.343 e. The van der Waals surface area contributed by atoms with Gasteiger partial charge in [-0.2, -0.15) is 4.98 Å². The summed E-state index contributed by atoms with van der Waals surface area (Å²) in [5, 5.41) is 6.91. The molecule has 6 nitrogen and oxygen atoms in total. The van der Waals surface area contributed by atoms with Crippen molar-refractivity contribution in [3.63, 3.8) is 0 Å². The van der Waals surface area contributed by atoms with Gasteiger partial charge in [0, 0.05) is 12.1 Å². The van der Waals surface area contributed by atoms with Gasteiger partial charge in [0.1, 0.15) is 5.69 Å². The fourth-order valence-corrected chi connectivity index (χ4v) is 1.45. The second kappa shape index (κ2) is 5.79.